The van der Waals surface area contributed by atoms with Crippen LogP contribution in [0.15, 0.2) is 47.9 Å². The van der Waals surface area contributed by atoms with Crippen LogP contribution in [-0.4, -0.2) is 41.7 Å². The number of carbonyl (C=O) groups excluding carboxylic acids is 1. The van der Waals surface area contributed by atoms with E-state index in [4.69, 9.17) is 0 Å². The molecule has 4 fully saturated rings. The summed E-state index contributed by atoms with van der Waals surface area (Å²) >= 11 is 1.37. The number of thioether (sulfide) groups is 1. The Hall–Kier alpha value is -2.48. The largest absolute Gasteiger partial charge is 0.332 e. The predicted molar refractivity (Wildman–Crippen MR) is 119 cm³/mol. The minimum atomic E-state index is -0.247. The first-order valence-electron chi connectivity index (χ1n) is 11.4. The van der Waals surface area contributed by atoms with E-state index in [9.17, 15) is 9.18 Å². The Morgan fingerprint density at radius 3 is 2.47 bits per heavy atom. The zero-order valence-electron chi connectivity index (χ0n) is 17.9. The Kier molecular flexibility index (Phi) is 4.93. The molecule has 3 aromatic rings. The number of hydrogen-bond acceptors (Lipinski definition) is 5. The van der Waals surface area contributed by atoms with Crippen LogP contribution in [0.5, 0.6) is 0 Å². The van der Waals surface area contributed by atoms with Gasteiger partial charge in [-0.1, -0.05) is 23.9 Å². The molecule has 6 nitrogen and oxygen atoms in total. The molecule has 4 aliphatic carbocycles. The molecule has 8 heteroatoms. The third-order valence-electron chi connectivity index (χ3n) is 7.56. The average molecular weight is 452 g/mol. The van der Waals surface area contributed by atoms with Crippen LogP contribution < -0.4 is 0 Å². The molecule has 4 aliphatic rings. The van der Waals surface area contributed by atoms with Gasteiger partial charge in [-0.2, -0.15) is 4.98 Å². The van der Waals surface area contributed by atoms with Gasteiger partial charge in [0.1, 0.15) is 5.82 Å². The maximum atomic E-state index is 13.7. The predicted octanol–water partition coefficient (Wildman–Crippen LogP) is 4.35. The Labute approximate surface area is 190 Å². The van der Waals surface area contributed by atoms with Gasteiger partial charge in [-0.3, -0.25) is 4.79 Å². The summed E-state index contributed by atoms with van der Waals surface area (Å²) in [6.45, 7) is 0.534. The van der Waals surface area contributed by atoms with Gasteiger partial charge in [0.05, 0.1) is 5.75 Å². The van der Waals surface area contributed by atoms with Crippen molar-refractivity contribution >= 4 is 23.4 Å². The third kappa shape index (κ3) is 3.68. The fourth-order valence-electron chi connectivity index (χ4n) is 6.67. The fourth-order valence-corrected chi connectivity index (χ4v) is 7.37. The highest BCUT2D eigenvalue weighted by atomic mass is 32.2. The van der Waals surface area contributed by atoms with E-state index in [0.717, 1.165) is 42.6 Å². The second-order valence-corrected chi connectivity index (χ2v) is 10.7. The van der Waals surface area contributed by atoms with Crippen LogP contribution in [-0.2, 0) is 11.3 Å². The first kappa shape index (κ1) is 20.1. The summed E-state index contributed by atoms with van der Waals surface area (Å²) in [7, 11) is 0. The van der Waals surface area contributed by atoms with Gasteiger partial charge in [-0.05, 0) is 80.0 Å². The van der Waals surface area contributed by atoms with Crippen molar-refractivity contribution in [3.8, 4) is 0 Å². The van der Waals surface area contributed by atoms with E-state index in [2.05, 4.69) is 20.0 Å². The van der Waals surface area contributed by atoms with E-state index < -0.39 is 0 Å². The van der Waals surface area contributed by atoms with Crippen molar-refractivity contribution in [1.82, 2.24) is 24.5 Å². The quantitative estimate of drug-likeness (QED) is 0.522. The van der Waals surface area contributed by atoms with Crippen LogP contribution in [0.4, 0.5) is 4.39 Å². The van der Waals surface area contributed by atoms with Crippen molar-refractivity contribution in [2.45, 2.75) is 55.8 Å². The van der Waals surface area contributed by atoms with Crippen LogP contribution in [0.2, 0.25) is 0 Å². The Bertz CT molecular complexity index is 1080. The van der Waals surface area contributed by atoms with Crippen LogP contribution in [0, 0.1) is 23.6 Å². The molecule has 166 valence electrons. The molecule has 0 aliphatic heterocycles. The number of rotatable bonds is 6. The molecule has 2 aromatic heterocycles. The van der Waals surface area contributed by atoms with Crippen LogP contribution in [0.3, 0.4) is 0 Å². The van der Waals surface area contributed by atoms with Crippen LogP contribution in [0.25, 0.3) is 5.78 Å². The number of fused-ring (bicyclic) bond motifs is 1. The number of hydrogen-bond donors (Lipinski definition) is 0. The molecular formula is C24H26FN5OS. The van der Waals surface area contributed by atoms with E-state index in [1.54, 1.807) is 35.1 Å². The van der Waals surface area contributed by atoms with Crippen LogP contribution >= 0.6 is 11.8 Å². The summed E-state index contributed by atoms with van der Waals surface area (Å²) in [4.78, 5) is 24.4. The first-order chi connectivity index (χ1) is 15.6. The molecule has 1 aromatic carbocycles. The maximum Gasteiger partial charge on any atom is 0.253 e. The number of carbonyl (C=O) groups is 1. The van der Waals surface area contributed by atoms with Gasteiger partial charge in [0, 0.05) is 24.5 Å². The third-order valence-corrected chi connectivity index (χ3v) is 8.38. The monoisotopic (exact) mass is 451 g/mol. The Morgan fingerprint density at radius 2 is 1.81 bits per heavy atom. The molecule has 0 atom stereocenters. The molecule has 0 N–H and O–H groups in total. The second kappa shape index (κ2) is 7.83. The zero-order chi connectivity index (χ0) is 21.7. The molecule has 1 amide bonds. The molecular weight excluding hydrogens is 425 g/mol. The lowest BCUT2D eigenvalue weighted by molar-refractivity contribution is -0.149. The molecule has 32 heavy (non-hydrogen) atoms. The van der Waals surface area contributed by atoms with Crippen molar-refractivity contribution in [3.05, 3.63) is 54.1 Å². The summed E-state index contributed by atoms with van der Waals surface area (Å²) in [6, 6.07) is 8.38. The van der Waals surface area contributed by atoms with Crippen molar-refractivity contribution < 1.29 is 9.18 Å². The van der Waals surface area contributed by atoms with Crippen molar-refractivity contribution in [1.29, 1.82) is 0 Å². The van der Waals surface area contributed by atoms with E-state index >= 15 is 0 Å². The maximum absolute atomic E-state index is 13.7. The van der Waals surface area contributed by atoms with Crippen molar-refractivity contribution in [2.75, 3.05) is 5.75 Å². The van der Waals surface area contributed by atoms with Gasteiger partial charge in [0.15, 0.2) is 0 Å². The van der Waals surface area contributed by atoms with Gasteiger partial charge in [0.2, 0.25) is 11.1 Å². The Morgan fingerprint density at radius 1 is 1.12 bits per heavy atom. The standard InChI is InChI=1S/C24H26FN5OS/c25-20-4-2-16(3-5-20)14-29(24-11-17-8-18(12-24)10-19(9-17)13-24)21(31)15-32-23-27-22-26-6-1-7-30(22)28-23/h1-7,17-19H,8-15H2. The topological polar surface area (TPSA) is 63.4 Å². The van der Waals surface area contributed by atoms with Crippen LogP contribution in [0.1, 0.15) is 44.1 Å². The minimum Gasteiger partial charge on any atom is -0.332 e. The summed E-state index contributed by atoms with van der Waals surface area (Å²) < 4.78 is 15.1. The average Bonchev–Trinajstić information content (AvgIpc) is 3.19. The fraction of sp³-hybridized carbons (Fsp3) is 0.500. The normalized spacial score (nSPS) is 28.3. The van der Waals surface area contributed by atoms with Gasteiger partial charge in [-0.25, -0.2) is 13.9 Å². The summed E-state index contributed by atoms with van der Waals surface area (Å²) in [6.07, 6.45) is 10.8. The number of aromatic nitrogens is 4. The zero-order valence-corrected chi connectivity index (χ0v) is 18.7. The highest BCUT2D eigenvalue weighted by Gasteiger charge is 2.54. The van der Waals surface area contributed by atoms with Crippen molar-refractivity contribution in [2.24, 2.45) is 17.8 Å². The van der Waals surface area contributed by atoms with Gasteiger partial charge >= 0.3 is 0 Å². The van der Waals surface area contributed by atoms with Gasteiger partial charge in [-0.15, -0.1) is 5.10 Å². The number of nitrogens with zero attached hydrogens (tertiary/aromatic N) is 5. The lowest BCUT2D eigenvalue weighted by Crippen LogP contribution is -2.61. The molecule has 2 heterocycles. The SMILES string of the molecule is O=C(CSc1nc2ncccn2n1)N(Cc1ccc(F)cc1)C12CC3CC(CC(C3)C1)C2. The molecule has 0 unspecified atom stereocenters. The minimum absolute atomic E-state index is 0.0608. The number of amides is 1. The summed E-state index contributed by atoms with van der Waals surface area (Å²) in [5, 5.41) is 4.98. The van der Waals surface area contributed by atoms with E-state index in [-0.39, 0.29) is 17.3 Å². The molecule has 0 radical (unpaired) electrons. The van der Waals surface area contributed by atoms with Gasteiger partial charge < -0.3 is 4.90 Å². The molecule has 7 rings (SSSR count). The molecule has 4 bridgehead atoms. The van der Waals surface area contributed by atoms with E-state index in [1.807, 2.05) is 0 Å². The van der Waals surface area contributed by atoms with E-state index in [1.165, 1.54) is 43.2 Å². The Balaban J connectivity index is 1.25. The van der Waals surface area contributed by atoms with Crippen molar-refractivity contribution in [3.63, 3.8) is 0 Å². The highest BCUT2D eigenvalue weighted by molar-refractivity contribution is 7.99. The second-order valence-electron chi connectivity index (χ2n) is 9.80. The lowest BCUT2D eigenvalue weighted by atomic mass is 9.52. The molecule has 0 saturated heterocycles. The summed E-state index contributed by atoms with van der Waals surface area (Å²) in [5.74, 6) is 2.92. The van der Waals surface area contributed by atoms with E-state index in [0.29, 0.717) is 23.2 Å². The first-order valence-corrected chi connectivity index (χ1v) is 12.4. The molecule has 4 saturated carbocycles. The summed E-state index contributed by atoms with van der Waals surface area (Å²) in [5.41, 5.74) is 0.921. The number of benzene rings is 1. The lowest BCUT2D eigenvalue weighted by Gasteiger charge is -2.60. The highest BCUT2D eigenvalue weighted by Crippen LogP contribution is 2.58. The molecule has 0 spiro atoms. The smallest absolute Gasteiger partial charge is 0.253 e. The number of halogens is 1. The van der Waals surface area contributed by atoms with Gasteiger partial charge in [0.25, 0.3) is 5.78 Å².